The molecule has 2 aromatic rings. The number of hydrogen-bond acceptors (Lipinski definition) is 3. The second-order valence-electron chi connectivity index (χ2n) is 2.78. The number of amidine groups is 1. The van der Waals surface area contributed by atoms with Crippen molar-refractivity contribution in [2.24, 2.45) is 5.73 Å². The highest BCUT2D eigenvalue weighted by atomic mass is 15.0. The molecule has 0 aliphatic rings. The number of pyridine rings is 1. The van der Waals surface area contributed by atoms with E-state index >= 15 is 0 Å². The van der Waals surface area contributed by atoms with Gasteiger partial charge >= 0.3 is 0 Å². The van der Waals surface area contributed by atoms with Gasteiger partial charge in [-0.05, 0) is 6.07 Å². The molecular weight excluding hydrogens is 178 g/mol. The molecule has 0 aliphatic carbocycles. The Labute approximate surface area is 80.7 Å². The van der Waals surface area contributed by atoms with Gasteiger partial charge in [-0.1, -0.05) is 0 Å². The van der Waals surface area contributed by atoms with Crippen molar-refractivity contribution in [3.8, 4) is 5.69 Å². The van der Waals surface area contributed by atoms with Gasteiger partial charge in [-0.2, -0.15) is 0 Å². The quantitative estimate of drug-likeness (QED) is 0.532. The molecule has 5 heteroatoms. The fourth-order valence-electron chi connectivity index (χ4n) is 1.22. The van der Waals surface area contributed by atoms with Gasteiger partial charge in [-0.15, -0.1) is 0 Å². The van der Waals surface area contributed by atoms with Crippen molar-refractivity contribution in [3.63, 3.8) is 0 Å². The number of nitrogen functional groups attached to an aromatic ring is 1. The van der Waals surface area contributed by atoms with Crippen LogP contribution in [0.2, 0.25) is 0 Å². The summed E-state index contributed by atoms with van der Waals surface area (Å²) in [7, 11) is 0. The summed E-state index contributed by atoms with van der Waals surface area (Å²) in [5.41, 5.74) is 6.84. The van der Waals surface area contributed by atoms with Crippen LogP contribution in [0.5, 0.6) is 0 Å². The van der Waals surface area contributed by atoms with Crippen LogP contribution < -0.4 is 5.73 Å². The number of nitrogens with two attached hydrogens (primary N) is 1. The second kappa shape index (κ2) is 3.29. The SMILES string of the molecule is N=C(N)c1cnccc1-n1ccnc1. The van der Waals surface area contributed by atoms with Crippen molar-refractivity contribution in [1.29, 1.82) is 5.41 Å². The zero-order valence-corrected chi connectivity index (χ0v) is 7.38. The maximum atomic E-state index is 7.38. The summed E-state index contributed by atoms with van der Waals surface area (Å²) >= 11 is 0. The first-order valence-electron chi connectivity index (χ1n) is 4.06. The molecule has 0 unspecified atom stereocenters. The second-order valence-corrected chi connectivity index (χ2v) is 2.78. The van der Waals surface area contributed by atoms with Crippen LogP contribution in [0, 0.1) is 5.41 Å². The molecule has 2 rings (SSSR count). The minimum Gasteiger partial charge on any atom is -0.384 e. The van der Waals surface area contributed by atoms with Crippen LogP contribution in [0.25, 0.3) is 5.69 Å². The third-order valence-electron chi connectivity index (χ3n) is 1.87. The van der Waals surface area contributed by atoms with Gasteiger partial charge in [-0.3, -0.25) is 10.4 Å². The molecule has 2 aromatic heterocycles. The lowest BCUT2D eigenvalue weighted by atomic mass is 10.2. The lowest BCUT2D eigenvalue weighted by molar-refractivity contribution is 1.04. The first kappa shape index (κ1) is 8.43. The molecular formula is C9H9N5. The van der Waals surface area contributed by atoms with Crippen molar-refractivity contribution in [3.05, 3.63) is 42.7 Å². The molecule has 0 fully saturated rings. The molecule has 0 saturated heterocycles. The molecule has 0 amide bonds. The van der Waals surface area contributed by atoms with Crippen LogP contribution >= 0.6 is 0 Å². The van der Waals surface area contributed by atoms with E-state index in [0.29, 0.717) is 5.56 Å². The fourth-order valence-corrected chi connectivity index (χ4v) is 1.22. The first-order valence-corrected chi connectivity index (χ1v) is 4.06. The van der Waals surface area contributed by atoms with E-state index in [-0.39, 0.29) is 5.84 Å². The predicted molar refractivity (Wildman–Crippen MR) is 52.4 cm³/mol. The normalized spacial score (nSPS) is 10.0. The molecule has 5 nitrogen and oxygen atoms in total. The van der Waals surface area contributed by atoms with Crippen LogP contribution in [0.4, 0.5) is 0 Å². The van der Waals surface area contributed by atoms with Crippen molar-refractivity contribution in [1.82, 2.24) is 14.5 Å². The monoisotopic (exact) mass is 187 g/mol. The van der Waals surface area contributed by atoms with Gasteiger partial charge in [0, 0.05) is 24.8 Å². The Morgan fingerprint density at radius 3 is 2.86 bits per heavy atom. The lowest BCUT2D eigenvalue weighted by Crippen LogP contribution is -2.14. The number of rotatable bonds is 2. The highest BCUT2D eigenvalue weighted by Crippen LogP contribution is 2.11. The van der Waals surface area contributed by atoms with Gasteiger partial charge in [0.2, 0.25) is 0 Å². The average molecular weight is 187 g/mol. The topological polar surface area (TPSA) is 80.6 Å². The van der Waals surface area contributed by atoms with Gasteiger partial charge < -0.3 is 10.3 Å². The third kappa shape index (κ3) is 1.35. The zero-order valence-electron chi connectivity index (χ0n) is 7.38. The largest absolute Gasteiger partial charge is 0.384 e. The standard InChI is InChI=1S/C9H9N5/c10-9(11)7-5-12-2-1-8(7)14-4-3-13-6-14/h1-6H,(H3,10,11). The van der Waals surface area contributed by atoms with E-state index in [1.807, 2.05) is 0 Å². The molecule has 2 heterocycles. The number of hydrogen-bond donors (Lipinski definition) is 2. The van der Waals surface area contributed by atoms with Gasteiger partial charge in [-0.25, -0.2) is 4.98 Å². The fraction of sp³-hybridized carbons (Fsp3) is 0. The molecule has 0 aliphatic heterocycles. The lowest BCUT2D eigenvalue weighted by Gasteiger charge is -2.06. The Kier molecular flexibility index (Phi) is 1.98. The Morgan fingerprint density at radius 1 is 1.36 bits per heavy atom. The molecule has 0 aromatic carbocycles. The highest BCUT2D eigenvalue weighted by molar-refractivity contribution is 5.98. The van der Waals surface area contributed by atoms with E-state index in [9.17, 15) is 0 Å². The Morgan fingerprint density at radius 2 is 2.21 bits per heavy atom. The van der Waals surface area contributed by atoms with Crippen LogP contribution in [0.3, 0.4) is 0 Å². The molecule has 0 atom stereocenters. The minimum atomic E-state index is 0.00167. The average Bonchev–Trinajstić information content (AvgIpc) is 2.70. The number of nitrogens with zero attached hydrogens (tertiary/aromatic N) is 3. The molecule has 0 bridgehead atoms. The van der Waals surface area contributed by atoms with Crippen molar-refractivity contribution in [2.75, 3.05) is 0 Å². The van der Waals surface area contributed by atoms with Crippen LogP contribution in [-0.4, -0.2) is 20.4 Å². The van der Waals surface area contributed by atoms with Crippen molar-refractivity contribution < 1.29 is 0 Å². The van der Waals surface area contributed by atoms with Gasteiger partial charge in [0.1, 0.15) is 5.84 Å². The summed E-state index contributed by atoms with van der Waals surface area (Å²) in [6, 6.07) is 1.79. The molecule has 70 valence electrons. The van der Waals surface area contributed by atoms with E-state index in [1.54, 1.807) is 41.7 Å². The first-order chi connectivity index (χ1) is 6.79. The van der Waals surface area contributed by atoms with Crippen molar-refractivity contribution in [2.45, 2.75) is 0 Å². The maximum Gasteiger partial charge on any atom is 0.126 e. The van der Waals surface area contributed by atoms with Crippen molar-refractivity contribution >= 4 is 5.84 Å². The van der Waals surface area contributed by atoms with E-state index in [2.05, 4.69) is 9.97 Å². The zero-order chi connectivity index (χ0) is 9.97. The molecule has 0 radical (unpaired) electrons. The maximum absolute atomic E-state index is 7.38. The summed E-state index contributed by atoms with van der Waals surface area (Å²) in [4.78, 5) is 7.85. The van der Waals surface area contributed by atoms with Crippen LogP contribution in [0.1, 0.15) is 5.56 Å². The molecule has 3 N–H and O–H groups in total. The summed E-state index contributed by atoms with van der Waals surface area (Å²) in [6.45, 7) is 0. The van der Waals surface area contributed by atoms with E-state index in [4.69, 9.17) is 11.1 Å². The summed E-state index contributed by atoms with van der Waals surface area (Å²) in [6.07, 6.45) is 8.34. The molecule has 14 heavy (non-hydrogen) atoms. The highest BCUT2D eigenvalue weighted by Gasteiger charge is 2.05. The smallest absolute Gasteiger partial charge is 0.126 e. The number of nitrogens with one attached hydrogen (secondary N) is 1. The van der Waals surface area contributed by atoms with Gasteiger partial charge in [0.05, 0.1) is 17.6 Å². The van der Waals surface area contributed by atoms with Gasteiger partial charge in [0.15, 0.2) is 0 Å². The Bertz CT molecular complexity index is 446. The number of imidazole rings is 1. The predicted octanol–water partition coefficient (Wildman–Crippen LogP) is 0.551. The third-order valence-corrected chi connectivity index (χ3v) is 1.87. The minimum absolute atomic E-state index is 0.00167. The molecule has 0 spiro atoms. The van der Waals surface area contributed by atoms with Gasteiger partial charge in [0.25, 0.3) is 0 Å². The Balaban J connectivity index is 2.58. The van der Waals surface area contributed by atoms with E-state index < -0.39 is 0 Å². The summed E-state index contributed by atoms with van der Waals surface area (Å²) in [5.74, 6) is 0.00167. The summed E-state index contributed by atoms with van der Waals surface area (Å²) < 4.78 is 1.79. The number of aromatic nitrogens is 3. The van der Waals surface area contributed by atoms with E-state index in [1.165, 1.54) is 0 Å². The Hall–Kier alpha value is -2.17. The van der Waals surface area contributed by atoms with Crippen LogP contribution in [-0.2, 0) is 0 Å². The van der Waals surface area contributed by atoms with Crippen LogP contribution in [0.15, 0.2) is 37.2 Å². The molecule has 0 saturated carbocycles. The summed E-state index contributed by atoms with van der Waals surface area (Å²) in [5, 5.41) is 7.38. The van der Waals surface area contributed by atoms with E-state index in [0.717, 1.165) is 5.69 Å².